The molecule has 10 heteroatoms. The van der Waals surface area contributed by atoms with Crippen LogP contribution >= 0.6 is 0 Å². The molecule has 0 saturated carbocycles. The van der Waals surface area contributed by atoms with Crippen LogP contribution in [0.1, 0.15) is 12.8 Å². The van der Waals surface area contributed by atoms with Gasteiger partial charge in [0.25, 0.3) is 5.67 Å². The summed E-state index contributed by atoms with van der Waals surface area (Å²) in [6.07, 6.45) is -17.7. The monoisotopic (exact) mass is 298 g/mol. The van der Waals surface area contributed by atoms with Crippen LogP contribution in [0.2, 0.25) is 0 Å². The summed E-state index contributed by atoms with van der Waals surface area (Å²) in [5.41, 5.74) is -5.48. The van der Waals surface area contributed by atoms with E-state index >= 15 is 0 Å². The number of alkyl halides is 7. The van der Waals surface area contributed by atoms with Crippen molar-refractivity contribution in [3.05, 3.63) is 12.7 Å². The van der Waals surface area contributed by atoms with Crippen molar-refractivity contribution in [2.45, 2.75) is 37.2 Å². The largest absolute Gasteiger partial charge is 0.433 e. The first-order chi connectivity index (χ1) is 8.35. The van der Waals surface area contributed by atoms with E-state index in [0.29, 0.717) is 6.08 Å². The van der Waals surface area contributed by atoms with Crippen molar-refractivity contribution in [2.75, 3.05) is 0 Å². The van der Waals surface area contributed by atoms with Gasteiger partial charge in [0, 0.05) is 18.9 Å². The predicted octanol–water partition coefficient (Wildman–Crippen LogP) is 2.65. The Labute approximate surface area is 102 Å². The molecule has 0 aliphatic carbocycles. The molecular weight excluding hydrogens is 289 g/mol. The topological polar surface area (TPSA) is 46.5 Å². The highest BCUT2D eigenvalue weighted by Crippen LogP contribution is 2.49. The van der Waals surface area contributed by atoms with Gasteiger partial charge >= 0.3 is 18.3 Å². The smallest absolute Gasteiger partial charge is 0.431 e. The molecule has 0 rings (SSSR count). The number of ether oxygens (including phenoxy) is 1. The van der Waals surface area contributed by atoms with Gasteiger partial charge in [0.15, 0.2) is 0 Å². The summed E-state index contributed by atoms with van der Waals surface area (Å²) in [7, 11) is 0. The van der Waals surface area contributed by atoms with Crippen LogP contribution in [0.25, 0.3) is 0 Å². The number of aliphatic hydroxyl groups excluding tert-OH is 1. The number of rotatable bonds is 5. The molecule has 0 saturated heterocycles. The molecule has 0 radical (unpaired) electrons. The van der Waals surface area contributed by atoms with E-state index in [0.717, 1.165) is 0 Å². The number of hydrogen-bond acceptors (Lipinski definition) is 3. The van der Waals surface area contributed by atoms with E-state index in [9.17, 15) is 35.5 Å². The SMILES string of the molecule is C=CC(=O)OC(O)CCC(F)(C(F)(F)F)C(F)(F)F. The molecule has 1 N–H and O–H groups in total. The van der Waals surface area contributed by atoms with Gasteiger partial charge in [0.05, 0.1) is 0 Å². The van der Waals surface area contributed by atoms with Gasteiger partial charge in [-0.15, -0.1) is 0 Å². The maximum Gasteiger partial charge on any atom is 0.431 e. The summed E-state index contributed by atoms with van der Waals surface area (Å²) >= 11 is 0. The molecule has 1 atom stereocenters. The molecule has 0 aromatic heterocycles. The summed E-state index contributed by atoms with van der Waals surface area (Å²) in [5.74, 6) is -1.27. The highest BCUT2D eigenvalue weighted by molar-refractivity contribution is 5.81. The van der Waals surface area contributed by atoms with E-state index in [-0.39, 0.29) is 0 Å². The minimum absolute atomic E-state index is 0.527. The summed E-state index contributed by atoms with van der Waals surface area (Å²) in [6, 6.07) is 0. The zero-order valence-electron chi connectivity index (χ0n) is 9.19. The molecule has 112 valence electrons. The Balaban J connectivity index is 4.80. The van der Waals surface area contributed by atoms with Crippen LogP contribution in [0.15, 0.2) is 12.7 Å². The summed E-state index contributed by atoms with van der Waals surface area (Å²) < 4.78 is 89.5. The Kier molecular flexibility index (Phi) is 5.36. The average molecular weight is 298 g/mol. The molecule has 0 bridgehead atoms. The predicted molar refractivity (Wildman–Crippen MR) is 47.5 cm³/mol. The van der Waals surface area contributed by atoms with Gasteiger partial charge in [-0.1, -0.05) is 6.58 Å². The second kappa shape index (κ2) is 5.76. The van der Waals surface area contributed by atoms with Crippen molar-refractivity contribution < 1.29 is 45.4 Å². The minimum atomic E-state index is -6.20. The average Bonchev–Trinajstić information content (AvgIpc) is 2.22. The van der Waals surface area contributed by atoms with Crippen LogP contribution in [0.5, 0.6) is 0 Å². The van der Waals surface area contributed by atoms with Gasteiger partial charge in [-0.2, -0.15) is 26.3 Å². The van der Waals surface area contributed by atoms with Crippen molar-refractivity contribution in [2.24, 2.45) is 0 Å². The molecular formula is C9H9F7O3. The van der Waals surface area contributed by atoms with Crippen LogP contribution in [0, 0.1) is 0 Å². The van der Waals surface area contributed by atoms with E-state index in [2.05, 4.69) is 11.3 Å². The van der Waals surface area contributed by atoms with Crippen LogP contribution < -0.4 is 0 Å². The van der Waals surface area contributed by atoms with Gasteiger partial charge in [-0.25, -0.2) is 9.18 Å². The van der Waals surface area contributed by atoms with Gasteiger partial charge < -0.3 is 9.84 Å². The quantitative estimate of drug-likeness (QED) is 0.367. The molecule has 0 amide bonds. The Morgan fingerprint density at radius 2 is 1.58 bits per heavy atom. The number of hydrogen-bond donors (Lipinski definition) is 1. The Morgan fingerprint density at radius 3 is 1.89 bits per heavy atom. The number of halogens is 7. The molecule has 0 heterocycles. The summed E-state index contributed by atoms with van der Waals surface area (Å²) in [4.78, 5) is 10.5. The van der Waals surface area contributed by atoms with Gasteiger partial charge in [0.1, 0.15) is 0 Å². The van der Waals surface area contributed by atoms with Gasteiger partial charge in [0.2, 0.25) is 6.29 Å². The normalized spacial score (nSPS) is 14.9. The second-order valence-corrected chi connectivity index (χ2v) is 3.43. The van der Waals surface area contributed by atoms with Gasteiger partial charge in [-0.05, 0) is 0 Å². The zero-order valence-corrected chi connectivity index (χ0v) is 9.19. The summed E-state index contributed by atoms with van der Waals surface area (Å²) in [5, 5.41) is 8.85. The second-order valence-electron chi connectivity index (χ2n) is 3.43. The van der Waals surface area contributed by atoms with E-state index in [1.165, 1.54) is 0 Å². The Bertz CT molecular complexity index is 320. The van der Waals surface area contributed by atoms with E-state index in [1.807, 2.05) is 0 Å². The molecule has 0 aliphatic rings. The molecule has 0 aromatic rings. The first-order valence-corrected chi connectivity index (χ1v) is 4.68. The van der Waals surface area contributed by atoms with Crippen LogP contribution in [0.3, 0.4) is 0 Å². The molecule has 0 fully saturated rings. The number of carbonyl (C=O) groups is 1. The number of aliphatic hydroxyl groups is 1. The van der Waals surface area contributed by atoms with Crippen LogP contribution in [0.4, 0.5) is 30.7 Å². The van der Waals surface area contributed by atoms with Gasteiger partial charge in [-0.3, -0.25) is 0 Å². The first kappa shape index (κ1) is 17.7. The molecule has 0 spiro atoms. The summed E-state index contributed by atoms with van der Waals surface area (Å²) in [6.45, 7) is 2.88. The van der Waals surface area contributed by atoms with Crippen molar-refractivity contribution >= 4 is 5.97 Å². The third-order valence-corrected chi connectivity index (χ3v) is 2.05. The van der Waals surface area contributed by atoms with E-state index in [4.69, 9.17) is 5.11 Å². The minimum Gasteiger partial charge on any atom is -0.433 e. The lowest BCUT2D eigenvalue weighted by Gasteiger charge is -2.30. The zero-order chi connectivity index (χ0) is 15.5. The molecule has 3 nitrogen and oxygen atoms in total. The highest BCUT2D eigenvalue weighted by Gasteiger charge is 2.71. The maximum absolute atomic E-state index is 13.1. The first-order valence-electron chi connectivity index (χ1n) is 4.68. The highest BCUT2D eigenvalue weighted by atomic mass is 19.4. The lowest BCUT2D eigenvalue weighted by molar-refractivity contribution is -0.345. The maximum atomic E-state index is 13.1. The third-order valence-electron chi connectivity index (χ3n) is 2.05. The van der Waals surface area contributed by atoms with Crippen molar-refractivity contribution in [3.8, 4) is 0 Å². The van der Waals surface area contributed by atoms with Crippen LogP contribution in [-0.2, 0) is 9.53 Å². The number of carbonyl (C=O) groups excluding carboxylic acids is 1. The molecule has 0 aromatic carbocycles. The van der Waals surface area contributed by atoms with E-state index < -0.39 is 43.1 Å². The standard InChI is InChI=1S/C9H9F7O3/c1-2-5(17)19-6(18)3-4-7(10,8(11,12)13)9(14,15)16/h2,6,18H,1,3-4H2. The fraction of sp³-hybridized carbons (Fsp3) is 0.667. The fourth-order valence-corrected chi connectivity index (χ4v) is 1.01. The molecule has 1 unspecified atom stereocenters. The van der Waals surface area contributed by atoms with Crippen molar-refractivity contribution in [1.29, 1.82) is 0 Å². The number of esters is 1. The Hall–Kier alpha value is -1.32. The Morgan fingerprint density at radius 1 is 1.16 bits per heavy atom. The fourth-order valence-electron chi connectivity index (χ4n) is 1.01. The van der Waals surface area contributed by atoms with E-state index in [1.54, 1.807) is 0 Å². The van der Waals surface area contributed by atoms with Crippen LogP contribution in [-0.4, -0.2) is 35.4 Å². The molecule has 19 heavy (non-hydrogen) atoms. The third kappa shape index (κ3) is 4.37. The van der Waals surface area contributed by atoms with Crippen molar-refractivity contribution in [3.63, 3.8) is 0 Å². The van der Waals surface area contributed by atoms with Crippen molar-refractivity contribution in [1.82, 2.24) is 0 Å². The lowest BCUT2D eigenvalue weighted by Crippen LogP contribution is -2.53. The molecule has 0 aliphatic heterocycles. The lowest BCUT2D eigenvalue weighted by atomic mass is 9.98.